The maximum Gasteiger partial charge on any atom is 0.000208 e. The number of fused-ring (bicyclic) bond motifs is 3. The van der Waals surface area contributed by atoms with Gasteiger partial charge in [-0.2, -0.15) is 0 Å². The van der Waals surface area contributed by atoms with E-state index in [9.17, 15) is 0 Å². The number of allylic oxidation sites excluding steroid dienone is 2. The van der Waals surface area contributed by atoms with Gasteiger partial charge in [-0.15, -0.1) is 0 Å². The van der Waals surface area contributed by atoms with Crippen molar-refractivity contribution in [2.75, 3.05) is 0 Å². The fourth-order valence-electron chi connectivity index (χ4n) is 3.96. The van der Waals surface area contributed by atoms with Crippen molar-refractivity contribution in [3.05, 3.63) is 41.0 Å². The second-order valence-corrected chi connectivity index (χ2v) is 5.87. The maximum atomic E-state index is 2.35. The minimum atomic E-state index is 0.518. The Bertz CT molecular complexity index is 467. The van der Waals surface area contributed by atoms with E-state index in [1.54, 1.807) is 22.3 Å². The standard InChI is InChI=1S/C17H22/c1-3-4-10-17-11-9-13(2)16(17)15-8-6-5-7-14(15)12-17/h5-8H,3-4,9-12H2,1-2H3. The second kappa shape index (κ2) is 4.01. The highest BCUT2D eigenvalue weighted by Gasteiger charge is 2.44. The summed E-state index contributed by atoms with van der Waals surface area (Å²) >= 11 is 0. The van der Waals surface area contributed by atoms with Crippen LogP contribution in [0.25, 0.3) is 5.57 Å². The molecule has 0 fully saturated rings. The van der Waals surface area contributed by atoms with Gasteiger partial charge in [0.05, 0.1) is 0 Å². The summed E-state index contributed by atoms with van der Waals surface area (Å²) < 4.78 is 0. The fraction of sp³-hybridized carbons (Fsp3) is 0.529. The van der Waals surface area contributed by atoms with Crippen LogP contribution in [0.3, 0.4) is 0 Å². The maximum absolute atomic E-state index is 2.35. The van der Waals surface area contributed by atoms with Gasteiger partial charge < -0.3 is 0 Å². The molecule has 0 heterocycles. The van der Waals surface area contributed by atoms with Crippen molar-refractivity contribution in [2.45, 2.75) is 52.4 Å². The van der Waals surface area contributed by atoms with E-state index < -0.39 is 0 Å². The molecule has 0 spiro atoms. The zero-order valence-corrected chi connectivity index (χ0v) is 11.1. The topological polar surface area (TPSA) is 0 Å². The summed E-state index contributed by atoms with van der Waals surface area (Å²) in [5.74, 6) is 0. The summed E-state index contributed by atoms with van der Waals surface area (Å²) in [6, 6.07) is 9.07. The monoisotopic (exact) mass is 226 g/mol. The Morgan fingerprint density at radius 3 is 2.88 bits per heavy atom. The summed E-state index contributed by atoms with van der Waals surface area (Å²) in [5, 5.41) is 0. The molecule has 0 nitrogen and oxygen atoms in total. The molecule has 90 valence electrons. The van der Waals surface area contributed by atoms with Crippen LogP contribution in [0.1, 0.15) is 57.1 Å². The number of hydrogen-bond acceptors (Lipinski definition) is 0. The molecule has 3 rings (SSSR count). The lowest BCUT2D eigenvalue weighted by molar-refractivity contribution is 0.356. The van der Waals surface area contributed by atoms with E-state index >= 15 is 0 Å². The van der Waals surface area contributed by atoms with E-state index in [0.29, 0.717) is 5.41 Å². The average molecular weight is 226 g/mol. The lowest BCUT2D eigenvalue weighted by Crippen LogP contribution is -2.17. The molecule has 0 amide bonds. The third kappa shape index (κ3) is 1.57. The van der Waals surface area contributed by atoms with Crippen molar-refractivity contribution < 1.29 is 0 Å². The largest absolute Gasteiger partial charge is 0.0689 e. The van der Waals surface area contributed by atoms with Crippen LogP contribution in [-0.2, 0) is 6.42 Å². The molecule has 2 aliphatic rings. The van der Waals surface area contributed by atoms with Crippen molar-refractivity contribution in [3.8, 4) is 0 Å². The molecule has 0 bridgehead atoms. The van der Waals surface area contributed by atoms with Gasteiger partial charge in [0.25, 0.3) is 0 Å². The van der Waals surface area contributed by atoms with Gasteiger partial charge >= 0.3 is 0 Å². The zero-order chi connectivity index (χ0) is 11.9. The molecule has 0 saturated carbocycles. The van der Waals surface area contributed by atoms with Crippen LogP contribution >= 0.6 is 0 Å². The van der Waals surface area contributed by atoms with Crippen LogP contribution in [0.15, 0.2) is 29.8 Å². The highest BCUT2D eigenvalue weighted by Crippen LogP contribution is 2.58. The molecule has 0 saturated heterocycles. The van der Waals surface area contributed by atoms with Gasteiger partial charge in [-0.3, -0.25) is 0 Å². The number of benzene rings is 1. The van der Waals surface area contributed by atoms with E-state index in [-0.39, 0.29) is 0 Å². The molecule has 1 unspecified atom stereocenters. The molecular weight excluding hydrogens is 204 g/mol. The van der Waals surface area contributed by atoms with Gasteiger partial charge in [0.2, 0.25) is 0 Å². The Kier molecular flexibility index (Phi) is 2.61. The molecule has 1 aromatic rings. The molecule has 0 aliphatic heterocycles. The minimum absolute atomic E-state index is 0.518. The van der Waals surface area contributed by atoms with Crippen LogP contribution in [-0.4, -0.2) is 0 Å². The van der Waals surface area contributed by atoms with Crippen molar-refractivity contribution in [1.82, 2.24) is 0 Å². The fourth-order valence-corrected chi connectivity index (χ4v) is 3.96. The average Bonchev–Trinajstić information content (AvgIpc) is 2.83. The summed E-state index contributed by atoms with van der Waals surface area (Å²) in [6.45, 7) is 4.66. The highest BCUT2D eigenvalue weighted by atomic mass is 14.5. The molecular formula is C17H22. The van der Waals surface area contributed by atoms with Crippen molar-refractivity contribution in [1.29, 1.82) is 0 Å². The lowest BCUT2D eigenvalue weighted by atomic mass is 9.77. The Hall–Kier alpha value is -1.04. The number of rotatable bonds is 3. The number of hydrogen-bond donors (Lipinski definition) is 0. The predicted octanol–water partition coefficient (Wildman–Crippen LogP) is 4.99. The minimum Gasteiger partial charge on any atom is -0.0689 e. The molecule has 0 aromatic heterocycles. The van der Waals surface area contributed by atoms with Gasteiger partial charge in [-0.1, -0.05) is 49.6 Å². The molecule has 0 heteroatoms. The molecule has 0 radical (unpaired) electrons. The normalized spacial score (nSPS) is 26.2. The van der Waals surface area contributed by atoms with Crippen LogP contribution in [0.2, 0.25) is 0 Å². The molecule has 1 atom stereocenters. The van der Waals surface area contributed by atoms with Crippen molar-refractivity contribution in [2.24, 2.45) is 5.41 Å². The van der Waals surface area contributed by atoms with Crippen molar-refractivity contribution in [3.63, 3.8) is 0 Å². The SMILES string of the molecule is CCCCC12CCC(C)=C1c1ccccc1C2. The molecule has 1 aromatic carbocycles. The summed E-state index contributed by atoms with van der Waals surface area (Å²) in [7, 11) is 0. The second-order valence-electron chi connectivity index (χ2n) is 5.87. The summed E-state index contributed by atoms with van der Waals surface area (Å²) in [6.07, 6.45) is 8.12. The quantitative estimate of drug-likeness (QED) is 0.681. The first-order valence-corrected chi connectivity index (χ1v) is 7.05. The van der Waals surface area contributed by atoms with E-state index in [2.05, 4.69) is 38.1 Å². The first-order valence-electron chi connectivity index (χ1n) is 7.05. The van der Waals surface area contributed by atoms with Crippen LogP contribution < -0.4 is 0 Å². The zero-order valence-electron chi connectivity index (χ0n) is 11.1. The van der Waals surface area contributed by atoms with Gasteiger partial charge in [-0.05, 0) is 49.3 Å². The van der Waals surface area contributed by atoms with E-state index in [0.717, 1.165) is 0 Å². The Labute approximate surface area is 105 Å². The predicted molar refractivity (Wildman–Crippen MR) is 73.9 cm³/mol. The van der Waals surface area contributed by atoms with Gasteiger partial charge in [0.1, 0.15) is 0 Å². The van der Waals surface area contributed by atoms with Crippen LogP contribution in [0.5, 0.6) is 0 Å². The van der Waals surface area contributed by atoms with Crippen LogP contribution in [0, 0.1) is 5.41 Å². The van der Waals surface area contributed by atoms with Gasteiger partial charge in [-0.25, -0.2) is 0 Å². The first-order chi connectivity index (χ1) is 8.27. The third-order valence-corrected chi connectivity index (χ3v) is 4.76. The first kappa shape index (κ1) is 11.1. The van der Waals surface area contributed by atoms with Gasteiger partial charge in [0, 0.05) is 5.41 Å². The Morgan fingerprint density at radius 1 is 1.24 bits per heavy atom. The summed E-state index contributed by atoms with van der Waals surface area (Å²) in [4.78, 5) is 0. The number of unbranched alkanes of at least 4 members (excludes halogenated alkanes) is 1. The molecule has 2 aliphatic carbocycles. The lowest BCUT2D eigenvalue weighted by Gasteiger charge is -2.27. The van der Waals surface area contributed by atoms with E-state index in [4.69, 9.17) is 0 Å². The molecule has 0 N–H and O–H groups in total. The Balaban J connectivity index is 2.05. The van der Waals surface area contributed by atoms with Gasteiger partial charge in [0.15, 0.2) is 0 Å². The van der Waals surface area contributed by atoms with E-state index in [1.807, 2.05) is 0 Å². The van der Waals surface area contributed by atoms with E-state index in [1.165, 1.54) is 38.5 Å². The molecule has 17 heavy (non-hydrogen) atoms. The Morgan fingerprint density at radius 2 is 2.06 bits per heavy atom. The smallest absolute Gasteiger partial charge is 0.000208 e. The third-order valence-electron chi connectivity index (χ3n) is 4.76. The van der Waals surface area contributed by atoms with Crippen LogP contribution in [0.4, 0.5) is 0 Å². The summed E-state index contributed by atoms with van der Waals surface area (Å²) in [5.41, 5.74) is 7.06. The highest BCUT2D eigenvalue weighted by molar-refractivity contribution is 5.81. The van der Waals surface area contributed by atoms with Crippen molar-refractivity contribution >= 4 is 5.57 Å².